The van der Waals surface area contributed by atoms with Crippen LogP contribution in [0.3, 0.4) is 0 Å². The Balaban J connectivity index is 1.88. The van der Waals surface area contributed by atoms with E-state index >= 15 is 0 Å². The fourth-order valence-electron chi connectivity index (χ4n) is 2.04. The first-order chi connectivity index (χ1) is 9.63. The van der Waals surface area contributed by atoms with Crippen molar-refractivity contribution in [1.29, 1.82) is 0 Å². The van der Waals surface area contributed by atoms with Crippen molar-refractivity contribution in [3.63, 3.8) is 0 Å². The molecule has 5 heteroatoms. The summed E-state index contributed by atoms with van der Waals surface area (Å²) in [5, 5.41) is 5.18. The van der Waals surface area contributed by atoms with Gasteiger partial charge in [-0.15, -0.1) is 11.3 Å². The predicted molar refractivity (Wildman–Crippen MR) is 90.8 cm³/mol. The minimum atomic E-state index is 0.181. The van der Waals surface area contributed by atoms with Gasteiger partial charge in [0.05, 0.1) is 11.7 Å². The second-order valence-electron chi connectivity index (χ2n) is 4.54. The summed E-state index contributed by atoms with van der Waals surface area (Å²) < 4.78 is 2.21. The van der Waals surface area contributed by atoms with Crippen molar-refractivity contribution in [1.82, 2.24) is 4.98 Å². The first kappa shape index (κ1) is 13.9. The van der Waals surface area contributed by atoms with Crippen molar-refractivity contribution in [2.24, 2.45) is 0 Å². The van der Waals surface area contributed by atoms with Gasteiger partial charge in [0.2, 0.25) is 0 Å². The van der Waals surface area contributed by atoms with Crippen LogP contribution in [0.2, 0.25) is 5.15 Å². The zero-order chi connectivity index (χ0) is 14.1. The summed E-state index contributed by atoms with van der Waals surface area (Å²) in [7, 11) is 0. The Bertz CT molecular complexity index is 723. The molecule has 2 nitrogen and oxygen atoms in total. The van der Waals surface area contributed by atoms with Gasteiger partial charge >= 0.3 is 0 Å². The van der Waals surface area contributed by atoms with Crippen molar-refractivity contribution in [2.75, 3.05) is 5.32 Å². The number of nitrogens with zero attached hydrogens (tertiary/aromatic N) is 1. The number of fused-ring (bicyclic) bond motifs is 1. The third-order valence-electron chi connectivity index (χ3n) is 3.05. The Hall–Kier alpha value is -1.10. The van der Waals surface area contributed by atoms with Crippen LogP contribution in [-0.4, -0.2) is 4.98 Å². The molecule has 0 saturated carbocycles. The molecule has 20 heavy (non-hydrogen) atoms. The van der Waals surface area contributed by atoms with Gasteiger partial charge in [-0.3, -0.25) is 0 Å². The van der Waals surface area contributed by atoms with Crippen LogP contribution in [0.1, 0.15) is 17.8 Å². The highest BCUT2D eigenvalue weighted by atomic mass is 79.9. The molecule has 1 N–H and O–H groups in total. The summed E-state index contributed by atoms with van der Waals surface area (Å²) in [6.07, 6.45) is 1.69. The Morgan fingerprint density at radius 2 is 2.10 bits per heavy atom. The Morgan fingerprint density at radius 3 is 2.90 bits per heavy atom. The summed E-state index contributed by atoms with van der Waals surface area (Å²) in [4.78, 5) is 5.41. The molecule has 2 heterocycles. The quantitative estimate of drug-likeness (QED) is 0.584. The SMILES string of the molecule is CC(Nc1cc(Br)cnc1Cl)c1cc2ccccc2s1. The molecule has 0 aliphatic heterocycles. The highest BCUT2D eigenvalue weighted by Gasteiger charge is 2.11. The lowest BCUT2D eigenvalue weighted by Crippen LogP contribution is -2.05. The van der Waals surface area contributed by atoms with E-state index in [0.29, 0.717) is 5.15 Å². The molecule has 1 aromatic carbocycles. The third-order valence-corrected chi connectivity index (χ3v) is 5.08. The number of hydrogen-bond acceptors (Lipinski definition) is 3. The fraction of sp³-hybridized carbons (Fsp3) is 0.133. The van der Waals surface area contributed by atoms with E-state index in [0.717, 1.165) is 10.2 Å². The third kappa shape index (κ3) is 2.82. The molecule has 102 valence electrons. The highest BCUT2D eigenvalue weighted by Crippen LogP contribution is 2.33. The maximum absolute atomic E-state index is 6.12. The molecule has 0 saturated heterocycles. The number of halogens is 2. The molecular weight excluding hydrogens is 356 g/mol. The van der Waals surface area contributed by atoms with E-state index in [1.807, 2.05) is 6.07 Å². The van der Waals surface area contributed by atoms with Gasteiger partial charge in [-0.05, 0) is 46.4 Å². The van der Waals surface area contributed by atoms with Gasteiger partial charge in [0, 0.05) is 20.2 Å². The molecular formula is C15H12BrClN2S. The average Bonchev–Trinajstić information content (AvgIpc) is 2.87. The Kier molecular flexibility index (Phi) is 3.96. The zero-order valence-corrected chi connectivity index (χ0v) is 13.9. The van der Waals surface area contributed by atoms with Crippen molar-refractivity contribution in [2.45, 2.75) is 13.0 Å². The topological polar surface area (TPSA) is 24.9 Å². The summed E-state index contributed by atoms with van der Waals surface area (Å²) >= 11 is 11.3. The van der Waals surface area contributed by atoms with Crippen LogP contribution >= 0.6 is 38.9 Å². The second kappa shape index (κ2) is 5.72. The van der Waals surface area contributed by atoms with Crippen LogP contribution in [0, 0.1) is 0 Å². The molecule has 0 amide bonds. The van der Waals surface area contributed by atoms with Gasteiger partial charge in [0.15, 0.2) is 5.15 Å². The molecule has 0 radical (unpaired) electrons. The Labute approximate surface area is 134 Å². The number of anilines is 1. The standard InChI is InChI=1S/C15H12BrClN2S/c1-9(19-12-7-11(16)8-18-15(12)17)14-6-10-4-2-3-5-13(10)20-14/h2-9,19H,1H3. The molecule has 1 atom stereocenters. The predicted octanol–water partition coefficient (Wildman–Crippen LogP) is 5.89. The van der Waals surface area contributed by atoms with Gasteiger partial charge in [0.25, 0.3) is 0 Å². The number of pyridine rings is 1. The lowest BCUT2D eigenvalue weighted by molar-refractivity contribution is 0.906. The summed E-state index contributed by atoms with van der Waals surface area (Å²) in [6, 6.07) is 12.7. The zero-order valence-electron chi connectivity index (χ0n) is 10.7. The number of aromatic nitrogens is 1. The van der Waals surface area contributed by atoms with Crippen LogP contribution in [0.15, 0.2) is 47.1 Å². The summed E-state index contributed by atoms with van der Waals surface area (Å²) in [6.45, 7) is 2.13. The first-order valence-corrected chi connectivity index (χ1v) is 8.18. The number of hydrogen-bond donors (Lipinski definition) is 1. The van der Waals surface area contributed by atoms with E-state index in [1.165, 1.54) is 15.0 Å². The molecule has 0 aliphatic carbocycles. The molecule has 3 rings (SSSR count). The number of nitrogens with one attached hydrogen (secondary N) is 1. The normalized spacial score (nSPS) is 12.6. The van der Waals surface area contributed by atoms with Crippen molar-refractivity contribution in [3.8, 4) is 0 Å². The van der Waals surface area contributed by atoms with E-state index in [2.05, 4.69) is 63.5 Å². The first-order valence-electron chi connectivity index (χ1n) is 6.19. The van der Waals surface area contributed by atoms with Crippen LogP contribution in [-0.2, 0) is 0 Å². The van der Waals surface area contributed by atoms with E-state index < -0.39 is 0 Å². The van der Waals surface area contributed by atoms with E-state index in [4.69, 9.17) is 11.6 Å². The van der Waals surface area contributed by atoms with Crippen molar-refractivity contribution >= 4 is 54.6 Å². The number of thiophene rings is 1. The molecule has 0 spiro atoms. The monoisotopic (exact) mass is 366 g/mol. The lowest BCUT2D eigenvalue weighted by atomic mass is 10.2. The summed E-state index contributed by atoms with van der Waals surface area (Å²) in [5.41, 5.74) is 0.839. The smallest absolute Gasteiger partial charge is 0.152 e. The average molecular weight is 368 g/mol. The molecule has 0 fully saturated rings. The van der Waals surface area contributed by atoms with Gasteiger partial charge in [-0.25, -0.2) is 4.98 Å². The second-order valence-corrected chi connectivity index (χ2v) is 6.93. The molecule has 0 bridgehead atoms. The minimum Gasteiger partial charge on any atom is -0.375 e. The van der Waals surface area contributed by atoms with E-state index in [-0.39, 0.29) is 6.04 Å². The molecule has 2 aromatic heterocycles. The molecule has 3 aromatic rings. The Morgan fingerprint density at radius 1 is 1.30 bits per heavy atom. The number of rotatable bonds is 3. The van der Waals surface area contributed by atoms with Crippen molar-refractivity contribution < 1.29 is 0 Å². The summed E-state index contributed by atoms with van der Waals surface area (Å²) in [5.74, 6) is 0. The fourth-order valence-corrected chi connectivity index (χ4v) is 3.60. The number of benzene rings is 1. The maximum Gasteiger partial charge on any atom is 0.152 e. The van der Waals surface area contributed by atoms with E-state index in [1.54, 1.807) is 17.5 Å². The van der Waals surface area contributed by atoms with Crippen LogP contribution in [0.5, 0.6) is 0 Å². The van der Waals surface area contributed by atoms with Crippen molar-refractivity contribution in [3.05, 3.63) is 57.1 Å². The largest absolute Gasteiger partial charge is 0.375 e. The van der Waals surface area contributed by atoms with Gasteiger partial charge in [-0.1, -0.05) is 29.8 Å². The molecule has 1 unspecified atom stereocenters. The van der Waals surface area contributed by atoms with Gasteiger partial charge in [-0.2, -0.15) is 0 Å². The van der Waals surface area contributed by atoms with Crippen LogP contribution in [0.25, 0.3) is 10.1 Å². The van der Waals surface area contributed by atoms with Crippen LogP contribution < -0.4 is 5.32 Å². The van der Waals surface area contributed by atoms with E-state index in [9.17, 15) is 0 Å². The minimum absolute atomic E-state index is 0.181. The molecule has 0 aliphatic rings. The maximum atomic E-state index is 6.12. The van der Waals surface area contributed by atoms with Gasteiger partial charge in [0.1, 0.15) is 0 Å². The van der Waals surface area contributed by atoms with Gasteiger partial charge < -0.3 is 5.32 Å². The highest BCUT2D eigenvalue weighted by molar-refractivity contribution is 9.10. The van der Waals surface area contributed by atoms with Crippen LogP contribution in [0.4, 0.5) is 5.69 Å². The lowest BCUT2D eigenvalue weighted by Gasteiger charge is -2.14.